The molecule has 2 aromatic carbocycles. The molecule has 0 bridgehead atoms. The van der Waals surface area contributed by atoms with Crippen molar-refractivity contribution in [2.75, 3.05) is 25.0 Å². The maximum absolute atomic E-state index is 13.5. The maximum atomic E-state index is 13.5. The van der Waals surface area contributed by atoms with Crippen LogP contribution in [0, 0.1) is 5.92 Å². The normalized spacial score (nSPS) is 16.0. The van der Waals surface area contributed by atoms with Crippen molar-refractivity contribution in [3.63, 3.8) is 0 Å². The molecule has 1 saturated heterocycles. The van der Waals surface area contributed by atoms with E-state index in [1.807, 2.05) is 42.5 Å². The molecule has 8 nitrogen and oxygen atoms in total. The molecule has 1 fully saturated rings. The van der Waals surface area contributed by atoms with Gasteiger partial charge in [0, 0.05) is 41.7 Å². The fourth-order valence-corrected chi connectivity index (χ4v) is 6.37. The lowest BCUT2D eigenvalue weighted by molar-refractivity contribution is -0.135. The maximum Gasteiger partial charge on any atom is 0.264 e. The van der Waals surface area contributed by atoms with Gasteiger partial charge in [0.25, 0.3) is 11.8 Å². The summed E-state index contributed by atoms with van der Waals surface area (Å²) in [6.07, 6.45) is 2.86. The summed E-state index contributed by atoms with van der Waals surface area (Å²) in [6.45, 7) is 1.96. The number of hydrogen-bond donors (Lipinski definition) is 0. The predicted octanol–water partition coefficient (Wildman–Crippen LogP) is 4.56. The van der Waals surface area contributed by atoms with E-state index in [2.05, 4.69) is 10.1 Å². The number of thiophene rings is 1. The first-order chi connectivity index (χ1) is 18.0. The third-order valence-corrected chi connectivity index (χ3v) is 8.32. The Morgan fingerprint density at radius 2 is 1.89 bits per heavy atom. The van der Waals surface area contributed by atoms with E-state index >= 15 is 0 Å². The van der Waals surface area contributed by atoms with Crippen LogP contribution in [0.25, 0.3) is 10.1 Å². The molecular formula is C28H26N4O4S. The quantitative estimate of drug-likeness (QED) is 0.351. The van der Waals surface area contributed by atoms with Crippen LogP contribution in [0.15, 0.2) is 65.4 Å². The summed E-state index contributed by atoms with van der Waals surface area (Å²) in [5, 5.41) is 5.00. The minimum atomic E-state index is -0.251. The lowest BCUT2D eigenvalue weighted by Gasteiger charge is -2.35. The number of anilines is 1. The van der Waals surface area contributed by atoms with E-state index in [4.69, 9.17) is 4.52 Å². The first-order valence-electron chi connectivity index (χ1n) is 12.4. The number of fused-ring (bicyclic) bond motifs is 2. The molecule has 0 radical (unpaired) electrons. The summed E-state index contributed by atoms with van der Waals surface area (Å²) >= 11 is 1.60. The van der Waals surface area contributed by atoms with E-state index in [1.54, 1.807) is 35.4 Å². The number of carbonyl (C=O) groups is 3. The van der Waals surface area contributed by atoms with Crippen LogP contribution in [0.3, 0.4) is 0 Å². The molecular weight excluding hydrogens is 488 g/mol. The van der Waals surface area contributed by atoms with Crippen LogP contribution in [0.4, 0.5) is 5.69 Å². The molecule has 9 heteroatoms. The minimum Gasteiger partial charge on any atom is -0.371 e. The topological polar surface area (TPSA) is 87.0 Å². The van der Waals surface area contributed by atoms with Crippen LogP contribution in [0.1, 0.15) is 44.1 Å². The Balaban J connectivity index is 1.16. The van der Waals surface area contributed by atoms with Crippen molar-refractivity contribution >= 4 is 44.8 Å². The van der Waals surface area contributed by atoms with Crippen molar-refractivity contribution in [1.29, 1.82) is 0 Å². The van der Waals surface area contributed by atoms with Gasteiger partial charge in [0.1, 0.15) is 12.0 Å². The molecule has 2 aliphatic heterocycles. The highest BCUT2D eigenvalue weighted by atomic mass is 32.1. The van der Waals surface area contributed by atoms with Gasteiger partial charge in [0.15, 0.2) is 0 Å². The summed E-state index contributed by atoms with van der Waals surface area (Å²) in [7, 11) is 1.78. The first kappa shape index (κ1) is 23.4. The lowest BCUT2D eigenvalue weighted by Crippen LogP contribution is -2.41. The van der Waals surface area contributed by atoms with Crippen LogP contribution >= 0.6 is 11.3 Å². The Morgan fingerprint density at radius 3 is 2.65 bits per heavy atom. The Bertz CT molecular complexity index is 1450. The van der Waals surface area contributed by atoms with E-state index in [9.17, 15) is 14.4 Å². The smallest absolute Gasteiger partial charge is 0.264 e. The van der Waals surface area contributed by atoms with Crippen molar-refractivity contribution in [3.8, 4) is 0 Å². The first-order valence-corrected chi connectivity index (χ1v) is 13.2. The van der Waals surface area contributed by atoms with Crippen molar-refractivity contribution in [2.45, 2.75) is 25.9 Å². The molecule has 4 heterocycles. The fraction of sp³-hybridized carbons (Fsp3) is 0.286. The fourth-order valence-electron chi connectivity index (χ4n) is 5.31. The molecule has 0 aliphatic carbocycles. The van der Waals surface area contributed by atoms with E-state index in [-0.39, 0.29) is 30.2 Å². The highest BCUT2D eigenvalue weighted by Crippen LogP contribution is 2.36. The molecule has 3 amide bonds. The molecule has 0 atom stereocenters. The monoisotopic (exact) mass is 514 g/mol. The van der Waals surface area contributed by atoms with Crippen LogP contribution in [-0.4, -0.2) is 52.8 Å². The molecule has 6 rings (SSSR count). The van der Waals surface area contributed by atoms with E-state index < -0.39 is 0 Å². The number of rotatable bonds is 6. The third kappa shape index (κ3) is 4.29. The van der Waals surface area contributed by atoms with Gasteiger partial charge in [-0.1, -0.05) is 29.4 Å². The van der Waals surface area contributed by atoms with Crippen molar-refractivity contribution in [3.05, 3.63) is 82.6 Å². The highest BCUT2D eigenvalue weighted by Gasteiger charge is 2.39. The van der Waals surface area contributed by atoms with Gasteiger partial charge in [-0.3, -0.25) is 19.3 Å². The molecule has 2 aromatic heterocycles. The van der Waals surface area contributed by atoms with E-state index in [1.165, 1.54) is 11.2 Å². The van der Waals surface area contributed by atoms with Gasteiger partial charge in [0.2, 0.25) is 5.91 Å². The Kier molecular flexibility index (Phi) is 6.00. The molecule has 0 spiro atoms. The summed E-state index contributed by atoms with van der Waals surface area (Å²) in [5.41, 5.74) is 2.42. The molecule has 37 heavy (non-hydrogen) atoms. The number of aromatic nitrogens is 1. The Labute approximate surface area is 218 Å². The van der Waals surface area contributed by atoms with E-state index in [0.29, 0.717) is 43.6 Å². The third-order valence-electron chi connectivity index (χ3n) is 7.22. The van der Waals surface area contributed by atoms with Crippen molar-refractivity contribution in [2.24, 2.45) is 5.92 Å². The van der Waals surface area contributed by atoms with E-state index in [0.717, 1.165) is 26.3 Å². The zero-order valence-corrected chi connectivity index (χ0v) is 21.2. The van der Waals surface area contributed by atoms with Gasteiger partial charge >= 0.3 is 0 Å². The summed E-state index contributed by atoms with van der Waals surface area (Å²) < 4.78 is 6.00. The Morgan fingerprint density at radius 1 is 1.08 bits per heavy atom. The second kappa shape index (κ2) is 9.48. The van der Waals surface area contributed by atoms with Gasteiger partial charge in [-0.2, -0.15) is 0 Å². The lowest BCUT2D eigenvalue weighted by atomic mass is 9.94. The molecule has 4 aromatic rings. The highest BCUT2D eigenvalue weighted by molar-refractivity contribution is 7.19. The van der Waals surface area contributed by atoms with Crippen LogP contribution in [0.5, 0.6) is 0 Å². The Hall–Kier alpha value is -3.98. The minimum absolute atomic E-state index is 0.0849. The molecule has 0 saturated carbocycles. The second-order valence-corrected chi connectivity index (χ2v) is 10.8. The number of piperidine rings is 1. The molecule has 0 N–H and O–H groups in total. The van der Waals surface area contributed by atoms with Crippen molar-refractivity contribution < 1.29 is 18.9 Å². The largest absolute Gasteiger partial charge is 0.371 e. The molecule has 2 aliphatic rings. The number of hydrogen-bond acceptors (Lipinski definition) is 7. The number of nitrogens with zero attached hydrogens (tertiary/aromatic N) is 4. The van der Waals surface area contributed by atoms with Crippen molar-refractivity contribution in [1.82, 2.24) is 15.0 Å². The number of carbonyl (C=O) groups excluding carboxylic acids is 3. The zero-order valence-electron chi connectivity index (χ0n) is 20.4. The number of amides is 3. The van der Waals surface area contributed by atoms with Gasteiger partial charge in [-0.05, 0) is 42.5 Å². The van der Waals surface area contributed by atoms with Crippen LogP contribution in [0.2, 0.25) is 0 Å². The number of imide groups is 1. The standard InChI is InChI=1S/C28H26N4O4S/c1-30(16-20-11-14-36-29-20)26(33)18-9-12-31(13-10-18)23-7-4-6-22-25(23)28(35)32(27(22)34)17-21-15-19-5-2-3-8-24(19)37-21/h2-8,11,14-15,18H,9-10,12-13,16-17H2,1H3. The zero-order chi connectivity index (χ0) is 25.5. The summed E-state index contributed by atoms with van der Waals surface area (Å²) in [6, 6.07) is 17.3. The van der Waals surface area contributed by atoms with Crippen LogP contribution in [-0.2, 0) is 17.9 Å². The van der Waals surface area contributed by atoms with Crippen LogP contribution < -0.4 is 4.90 Å². The predicted molar refractivity (Wildman–Crippen MR) is 140 cm³/mol. The molecule has 188 valence electrons. The average Bonchev–Trinajstić information content (AvgIpc) is 3.64. The second-order valence-electron chi connectivity index (χ2n) is 9.59. The molecule has 0 unspecified atom stereocenters. The summed E-state index contributed by atoms with van der Waals surface area (Å²) in [4.78, 5) is 45.9. The number of benzene rings is 2. The van der Waals surface area contributed by atoms with Gasteiger partial charge in [0.05, 0.1) is 29.9 Å². The van der Waals surface area contributed by atoms with Gasteiger partial charge < -0.3 is 14.3 Å². The van der Waals surface area contributed by atoms with Gasteiger partial charge in [-0.25, -0.2) is 0 Å². The average molecular weight is 515 g/mol. The SMILES string of the molecule is CN(Cc1ccon1)C(=O)C1CCN(c2cccc3c2C(=O)N(Cc2cc4ccccc4s2)C3=O)CC1. The summed E-state index contributed by atoms with van der Waals surface area (Å²) in [5.74, 6) is -0.508. The van der Waals surface area contributed by atoms with Gasteiger partial charge in [-0.15, -0.1) is 11.3 Å².